The Morgan fingerprint density at radius 2 is 1.69 bits per heavy atom. The van der Waals surface area contributed by atoms with Gasteiger partial charge >= 0.3 is 0 Å². The molecule has 35 heavy (non-hydrogen) atoms. The summed E-state index contributed by atoms with van der Waals surface area (Å²) in [5.74, 6) is 0.392. The second-order valence-corrected chi connectivity index (χ2v) is 10.3. The average molecular weight is 509 g/mol. The Labute approximate surface area is 210 Å². The molecule has 3 aromatic carbocycles. The van der Waals surface area contributed by atoms with E-state index in [0.717, 1.165) is 26.9 Å². The lowest BCUT2D eigenvalue weighted by Crippen LogP contribution is -2.40. The molecule has 1 heterocycles. The summed E-state index contributed by atoms with van der Waals surface area (Å²) in [6, 6.07) is 20.5. The fourth-order valence-corrected chi connectivity index (χ4v) is 5.21. The number of nitrogens with zero attached hydrogens (tertiary/aromatic N) is 3. The highest BCUT2D eigenvalue weighted by molar-refractivity contribution is 7.92. The van der Waals surface area contributed by atoms with Crippen LogP contribution in [0.1, 0.15) is 17.0 Å². The minimum atomic E-state index is -4.01. The summed E-state index contributed by atoms with van der Waals surface area (Å²) in [7, 11) is -4.01. The second-order valence-electron chi connectivity index (χ2n) is 8.05. The second kappa shape index (κ2) is 10.3. The van der Waals surface area contributed by atoms with E-state index >= 15 is 0 Å². The molecule has 4 aromatic rings. The van der Waals surface area contributed by atoms with Crippen molar-refractivity contribution in [2.24, 2.45) is 0 Å². The van der Waals surface area contributed by atoms with Crippen molar-refractivity contribution in [1.29, 1.82) is 0 Å². The summed E-state index contributed by atoms with van der Waals surface area (Å²) in [5.41, 5.74) is 3.15. The van der Waals surface area contributed by atoms with Crippen molar-refractivity contribution in [2.75, 3.05) is 10.8 Å². The van der Waals surface area contributed by atoms with Crippen molar-refractivity contribution in [3.05, 3.63) is 107 Å². The molecule has 7 nitrogen and oxygen atoms in total. The summed E-state index contributed by atoms with van der Waals surface area (Å²) in [4.78, 5) is 17.3. The van der Waals surface area contributed by atoms with Gasteiger partial charge in [-0.15, -0.1) is 0 Å². The van der Waals surface area contributed by atoms with Gasteiger partial charge in [0.2, 0.25) is 5.91 Å². The molecule has 180 valence electrons. The van der Waals surface area contributed by atoms with Gasteiger partial charge in [0.1, 0.15) is 12.4 Å². The van der Waals surface area contributed by atoms with E-state index < -0.39 is 15.9 Å². The van der Waals surface area contributed by atoms with Gasteiger partial charge in [-0.1, -0.05) is 47.5 Å². The maximum absolute atomic E-state index is 13.5. The lowest BCUT2D eigenvalue weighted by molar-refractivity contribution is -0.119. The number of carbonyl (C=O) groups is 1. The van der Waals surface area contributed by atoms with Crippen molar-refractivity contribution >= 4 is 33.2 Å². The summed E-state index contributed by atoms with van der Waals surface area (Å²) >= 11 is 5.94. The molecule has 0 bridgehead atoms. The molecule has 0 aliphatic carbocycles. The van der Waals surface area contributed by atoms with Crippen LogP contribution in [0.3, 0.4) is 0 Å². The number of nitrogens with one attached hydrogen (secondary N) is 1. The number of rotatable bonds is 8. The van der Waals surface area contributed by atoms with Crippen LogP contribution in [0.4, 0.5) is 5.69 Å². The van der Waals surface area contributed by atoms with Gasteiger partial charge in [-0.2, -0.15) is 0 Å². The zero-order valence-corrected chi connectivity index (χ0v) is 20.9. The molecule has 0 atom stereocenters. The third-order valence-electron chi connectivity index (χ3n) is 5.56. The topological polar surface area (TPSA) is 84.3 Å². The largest absolute Gasteiger partial charge is 0.350 e. The van der Waals surface area contributed by atoms with Crippen LogP contribution in [0, 0.1) is 13.8 Å². The van der Waals surface area contributed by atoms with E-state index in [2.05, 4.69) is 10.3 Å². The van der Waals surface area contributed by atoms with Gasteiger partial charge in [0.25, 0.3) is 10.0 Å². The molecule has 0 aliphatic rings. The average Bonchev–Trinajstić information content (AvgIpc) is 3.28. The number of para-hydroxylation sites is 1. The molecule has 0 fully saturated rings. The Morgan fingerprint density at radius 3 is 2.34 bits per heavy atom. The van der Waals surface area contributed by atoms with E-state index in [1.54, 1.807) is 30.5 Å². The molecule has 1 aromatic heterocycles. The maximum atomic E-state index is 13.5. The Bertz CT molecular complexity index is 1430. The zero-order valence-electron chi connectivity index (χ0n) is 19.3. The molecule has 1 amide bonds. The zero-order chi connectivity index (χ0) is 25.0. The van der Waals surface area contributed by atoms with Gasteiger partial charge in [0, 0.05) is 24.0 Å². The smallest absolute Gasteiger partial charge is 0.264 e. The fraction of sp³-hybridized carbons (Fsp3) is 0.154. The summed E-state index contributed by atoms with van der Waals surface area (Å²) < 4.78 is 30.0. The van der Waals surface area contributed by atoms with E-state index in [1.807, 2.05) is 48.9 Å². The lowest BCUT2D eigenvalue weighted by atomic mass is 10.1. The van der Waals surface area contributed by atoms with E-state index in [9.17, 15) is 13.2 Å². The van der Waals surface area contributed by atoms with Gasteiger partial charge in [0.15, 0.2) is 0 Å². The van der Waals surface area contributed by atoms with Gasteiger partial charge in [-0.25, -0.2) is 13.4 Å². The molecular weight excluding hydrogens is 484 g/mol. The molecule has 0 unspecified atom stereocenters. The number of carbonyl (C=O) groups excluding carboxylic acids is 1. The van der Waals surface area contributed by atoms with Crippen LogP contribution in [0.25, 0.3) is 5.69 Å². The number of anilines is 1. The monoisotopic (exact) mass is 508 g/mol. The van der Waals surface area contributed by atoms with Crippen LogP contribution in [0.15, 0.2) is 90.1 Å². The first-order chi connectivity index (χ1) is 16.8. The number of benzene rings is 3. The third kappa shape index (κ3) is 5.55. The first kappa shape index (κ1) is 24.5. The van der Waals surface area contributed by atoms with Crippen molar-refractivity contribution in [3.63, 3.8) is 0 Å². The van der Waals surface area contributed by atoms with E-state index in [1.165, 1.54) is 24.3 Å². The van der Waals surface area contributed by atoms with Gasteiger partial charge in [-0.05, 0) is 61.9 Å². The van der Waals surface area contributed by atoms with Gasteiger partial charge < -0.3 is 9.88 Å². The molecule has 0 saturated carbocycles. The predicted octanol–water partition coefficient (Wildman–Crippen LogP) is 4.65. The Balaban J connectivity index is 1.58. The minimum Gasteiger partial charge on any atom is -0.350 e. The quantitative estimate of drug-likeness (QED) is 0.375. The van der Waals surface area contributed by atoms with Crippen LogP contribution in [0.5, 0.6) is 0 Å². The number of sulfonamides is 1. The SMILES string of the molecule is Cc1ccc(N(CC(=O)NCc2ccccc2-n2ccnc2C)S(=O)(=O)c2ccc(Cl)cc2)cc1. The highest BCUT2D eigenvalue weighted by Gasteiger charge is 2.27. The number of aryl methyl sites for hydroxylation is 2. The summed E-state index contributed by atoms with van der Waals surface area (Å²) in [5, 5.41) is 3.29. The number of hydrogen-bond donors (Lipinski definition) is 1. The van der Waals surface area contributed by atoms with Crippen LogP contribution in [-0.2, 0) is 21.4 Å². The number of hydrogen-bond acceptors (Lipinski definition) is 4. The Kier molecular flexibility index (Phi) is 7.23. The van der Waals surface area contributed by atoms with Crippen molar-refractivity contribution in [1.82, 2.24) is 14.9 Å². The van der Waals surface area contributed by atoms with Crippen molar-refractivity contribution in [3.8, 4) is 5.69 Å². The Hall–Kier alpha value is -3.62. The number of amides is 1. The molecular formula is C26H25ClN4O3S. The number of halogens is 1. The first-order valence-corrected chi connectivity index (χ1v) is 12.8. The predicted molar refractivity (Wildman–Crippen MR) is 137 cm³/mol. The van der Waals surface area contributed by atoms with E-state index in [0.29, 0.717) is 10.7 Å². The first-order valence-electron chi connectivity index (χ1n) is 11.0. The van der Waals surface area contributed by atoms with Crippen molar-refractivity contribution < 1.29 is 13.2 Å². The molecule has 0 saturated heterocycles. The highest BCUT2D eigenvalue weighted by atomic mass is 35.5. The molecule has 0 aliphatic heterocycles. The lowest BCUT2D eigenvalue weighted by Gasteiger charge is -2.24. The van der Waals surface area contributed by atoms with Gasteiger partial charge in [0.05, 0.1) is 16.3 Å². The number of imidazole rings is 1. The molecule has 0 radical (unpaired) electrons. The standard InChI is InChI=1S/C26H25ClN4O3S/c1-19-7-11-23(12-8-19)31(35(33,34)24-13-9-22(27)10-14-24)18-26(32)29-17-21-5-3-4-6-25(21)30-16-15-28-20(30)2/h3-16H,17-18H2,1-2H3,(H,29,32). The van der Waals surface area contributed by atoms with Crippen LogP contribution < -0.4 is 9.62 Å². The maximum Gasteiger partial charge on any atom is 0.264 e. The fourth-order valence-electron chi connectivity index (χ4n) is 3.67. The third-order valence-corrected chi connectivity index (χ3v) is 7.60. The highest BCUT2D eigenvalue weighted by Crippen LogP contribution is 2.25. The van der Waals surface area contributed by atoms with Crippen LogP contribution in [-0.4, -0.2) is 30.4 Å². The molecule has 9 heteroatoms. The van der Waals surface area contributed by atoms with Gasteiger partial charge in [-0.3, -0.25) is 9.10 Å². The van der Waals surface area contributed by atoms with E-state index in [-0.39, 0.29) is 18.0 Å². The Morgan fingerprint density at radius 1 is 1.00 bits per heavy atom. The molecule has 1 N–H and O–H groups in total. The summed E-state index contributed by atoms with van der Waals surface area (Å²) in [6.07, 6.45) is 3.57. The van der Waals surface area contributed by atoms with Crippen LogP contribution in [0.2, 0.25) is 5.02 Å². The molecule has 4 rings (SSSR count). The molecule has 0 spiro atoms. The normalized spacial score (nSPS) is 11.3. The van der Waals surface area contributed by atoms with Crippen LogP contribution >= 0.6 is 11.6 Å². The number of aromatic nitrogens is 2. The van der Waals surface area contributed by atoms with E-state index in [4.69, 9.17) is 11.6 Å². The minimum absolute atomic E-state index is 0.0520. The van der Waals surface area contributed by atoms with Crippen molar-refractivity contribution in [2.45, 2.75) is 25.3 Å². The summed E-state index contributed by atoms with van der Waals surface area (Å²) in [6.45, 7) is 3.67.